The maximum atomic E-state index is 12.6. The number of methoxy groups -OCH3 is 1. The van der Waals surface area contributed by atoms with Gasteiger partial charge in [-0.15, -0.1) is 0 Å². The van der Waals surface area contributed by atoms with Crippen LogP contribution in [0.3, 0.4) is 0 Å². The van der Waals surface area contributed by atoms with E-state index in [2.05, 4.69) is 5.32 Å². The molecule has 0 aliphatic carbocycles. The fraction of sp³-hybridized carbons (Fsp3) is 0.318. The standard InChI is InChI=1S/C22H25NO5/c1-14(28-20(25)17-8-6-7-9-18(17)27-5)19(24)15-10-12-16(13-11-15)23-21(26)22(2,3)4/h6-14H,1-5H3,(H,23,26)/t14-/m1/s1. The molecule has 6 heteroatoms. The summed E-state index contributed by atoms with van der Waals surface area (Å²) in [5.41, 5.74) is 0.713. The fourth-order valence-corrected chi connectivity index (χ4v) is 2.36. The smallest absolute Gasteiger partial charge is 0.342 e. The highest BCUT2D eigenvalue weighted by Crippen LogP contribution is 2.21. The number of ketones is 1. The largest absolute Gasteiger partial charge is 0.496 e. The van der Waals surface area contributed by atoms with Gasteiger partial charge in [0.2, 0.25) is 11.7 Å². The lowest BCUT2D eigenvalue weighted by atomic mass is 9.95. The zero-order valence-electron chi connectivity index (χ0n) is 16.7. The average molecular weight is 383 g/mol. The molecule has 0 heterocycles. The number of para-hydroxylation sites is 1. The summed E-state index contributed by atoms with van der Waals surface area (Å²) >= 11 is 0. The van der Waals surface area contributed by atoms with Crippen molar-refractivity contribution in [2.75, 3.05) is 12.4 Å². The molecular weight excluding hydrogens is 358 g/mol. The van der Waals surface area contributed by atoms with Gasteiger partial charge in [0.1, 0.15) is 11.3 Å². The van der Waals surface area contributed by atoms with Crippen LogP contribution in [0.25, 0.3) is 0 Å². The number of rotatable bonds is 6. The Morgan fingerprint density at radius 1 is 0.964 bits per heavy atom. The molecule has 28 heavy (non-hydrogen) atoms. The predicted molar refractivity (Wildman–Crippen MR) is 107 cm³/mol. The molecule has 0 saturated heterocycles. The molecule has 1 N–H and O–H groups in total. The van der Waals surface area contributed by atoms with E-state index in [4.69, 9.17) is 9.47 Å². The maximum Gasteiger partial charge on any atom is 0.342 e. The van der Waals surface area contributed by atoms with Gasteiger partial charge in [0.25, 0.3) is 0 Å². The quantitative estimate of drug-likeness (QED) is 0.600. The topological polar surface area (TPSA) is 81.7 Å². The zero-order valence-corrected chi connectivity index (χ0v) is 16.7. The Labute approximate surface area is 164 Å². The highest BCUT2D eigenvalue weighted by molar-refractivity contribution is 6.02. The summed E-state index contributed by atoms with van der Waals surface area (Å²) < 4.78 is 10.4. The number of hydrogen-bond donors (Lipinski definition) is 1. The van der Waals surface area contributed by atoms with Gasteiger partial charge in [-0.25, -0.2) is 4.79 Å². The fourth-order valence-electron chi connectivity index (χ4n) is 2.36. The number of benzene rings is 2. The van der Waals surface area contributed by atoms with Gasteiger partial charge >= 0.3 is 5.97 Å². The van der Waals surface area contributed by atoms with Crippen molar-refractivity contribution in [1.29, 1.82) is 0 Å². The first-order valence-electron chi connectivity index (χ1n) is 8.93. The summed E-state index contributed by atoms with van der Waals surface area (Å²) in [5, 5.41) is 2.79. The second-order valence-electron chi connectivity index (χ2n) is 7.39. The minimum Gasteiger partial charge on any atom is -0.496 e. The van der Waals surface area contributed by atoms with Crippen LogP contribution in [0.4, 0.5) is 5.69 Å². The van der Waals surface area contributed by atoms with Crippen molar-refractivity contribution in [2.45, 2.75) is 33.8 Å². The van der Waals surface area contributed by atoms with E-state index in [0.717, 1.165) is 0 Å². The van der Waals surface area contributed by atoms with E-state index in [9.17, 15) is 14.4 Å². The monoisotopic (exact) mass is 383 g/mol. The molecule has 0 aromatic heterocycles. The van der Waals surface area contributed by atoms with Crippen molar-refractivity contribution in [2.24, 2.45) is 5.41 Å². The second-order valence-corrected chi connectivity index (χ2v) is 7.39. The number of carbonyl (C=O) groups is 3. The van der Waals surface area contributed by atoms with Crippen LogP contribution in [0.5, 0.6) is 5.75 Å². The molecule has 0 radical (unpaired) electrons. The summed E-state index contributed by atoms with van der Waals surface area (Å²) in [6.45, 7) is 6.97. The molecule has 0 bridgehead atoms. The molecule has 1 amide bonds. The molecule has 0 unspecified atom stereocenters. The normalized spacial score (nSPS) is 12.0. The van der Waals surface area contributed by atoms with Crippen molar-refractivity contribution >= 4 is 23.3 Å². The highest BCUT2D eigenvalue weighted by atomic mass is 16.5. The SMILES string of the molecule is COc1ccccc1C(=O)O[C@H](C)C(=O)c1ccc(NC(=O)C(C)(C)C)cc1. The van der Waals surface area contributed by atoms with Gasteiger partial charge in [-0.1, -0.05) is 32.9 Å². The molecule has 2 aromatic carbocycles. The van der Waals surface area contributed by atoms with Crippen molar-refractivity contribution < 1.29 is 23.9 Å². The summed E-state index contributed by atoms with van der Waals surface area (Å²) in [7, 11) is 1.46. The second kappa shape index (κ2) is 8.69. The van der Waals surface area contributed by atoms with Gasteiger partial charge in [0.15, 0.2) is 6.10 Å². The van der Waals surface area contributed by atoms with E-state index < -0.39 is 17.5 Å². The minimum atomic E-state index is -0.965. The first-order valence-corrected chi connectivity index (χ1v) is 8.93. The zero-order chi connectivity index (χ0) is 20.9. The number of anilines is 1. The van der Waals surface area contributed by atoms with Crippen molar-refractivity contribution in [3.8, 4) is 5.75 Å². The number of ether oxygens (including phenoxy) is 2. The number of carbonyl (C=O) groups excluding carboxylic acids is 3. The average Bonchev–Trinajstić information content (AvgIpc) is 2.67. The molecular formula is C22H25NO5. The van der Waals surface area contributed by atoms with E-state index in [1.54, 1.807) is 48.5 Å². The van der Waals surface area contributed by atoms with Crippen LogP contribution in [0.15, 0.2) is 48.5 Å². The van der Waals surface area contributed by atoms with E-state index >= 15 is 0 Å². The number of hydrogen-bond acceptors (Lipinski definition) is 5. The highest BCUT2D eigenvalue weighted by Gasteiger charge is 2.23. The van der Waals surface area contributed by atoms with Crippen LogP contribution in [-0.2, 0) is 9.53 Å². The van der Waals surface area contributed by atoms with Crippen LogP contribution in [0, 0.1) is 5.41 Å². The van der Waals surface area contributed by atoms with Gasteiger partial charge in [0, 0.05) is 16.7 Å². The summed E-state index contributed by atoms with van der Waals surface area (Å²) in [6, 6.07) is 13.1. The van der Waals surface area contributed by atoms with Crippen molar-refractivity contribution in [3.05, 3.63) is 59.7 Å². The van der Waals surface area contributed by atoms with E-state index in [1.807, 2.05) is 20.8 Å². The third kappa shape index (κ3) is 5.19. The van der Waals surface area contributed by atoms with Gasteiger partial charge < -0.3 is 14.8 Å². The lowest BCUT2D eigenvalue weighted by Gasteiger charge is -2.18. The molecule has 0 aliphatic rings. The lowest BCUT2D eigenvalue weighted by Crippen LogP contribution is -2.27. The first kappa shape index (κ1) is 21.2. The first-order chi connectivity index (χ1) is 13.1. The van der Waals surface area contributed by atoms with Gasteiger partial charge in [0.05, 0.1) is 7.11 Å². The van der Waals surface area contributed by atoms with E-state index in [0.29, 0.717) is 17.0 Å². The molecule has 0 saturated carbocycles. The van der Waals surface area contributed by atoms with Gasteiger partial charge in [-0.05, 0) is 43.3 Å². The lowest BCUT2D eigenvalue weighted by molar-refractivity contribution is -0.123. The van der Waals surface area contributed by atoms with Crippen LogP contribution < -0.4 is 10.1 Å². The molecule has 1 atom stereocenters. The summed E-state index contributed by atoms with van der Waals surface area (Å²) in [6.07, 6.45) is -0.965. The third-order valence-electron chi connectivity index (χ3n) is 4.09. The molecule has 2 rings (SSSR count). The number of Topliss-reactive ketones (excluding diaryl/α,β-unsaturated/α-hetero) is 1. The predicted octanol–water partition coefficient (Wildman–Crippen LogP) is 4.11. The van der Waals surface area contributed by atoms with Gasteiger partial charge in [-0.2, -0.15) is 0 Å². The third-order valence-corrected chi connectivity index (χ3v) is 4.09. The molecule has 6 nitrogen and oxygen atoms in total. The number of amides is 1. The number of esters is 1. The van der Waals surface area contributed by atoms with Gasteiger partial charge in [-0.3, -0.25) is 9.59 Å². The van der Waals surface area contributed by atoms with Crippen molar-refractivity contribution in [1.82, 2.24) is 0 Å². The summed E-state index contributed by atoms with van der Waals surface area (Å²) in [5.74, 6) is -0.707. The Kier molecular flexibility index (Phi) is 6.57. The minimum absolute atomic E-state index is 0.120. The van der Waals surface area contributed by atoms with Crippen LogP contribution in [0.2, 0.25) is 0 Å². The van der Waals surface area contributed by atoms with Crippen LogP contribution >= 0.6 is 0 Å². The Morgan fingerprint density at radius 2 is 1.57 bits per heavy atom. The Balaban J connectivity index is 2.05. The number of nitrogens with one attached hydrogen (secondary N) is 1. The Hall–Kier alpha value is -3.15. The van der Waals surface area contributed by atoms with Crippen LogP contribution in [0.1, 0.15) is 48.4 Å². The molecule has 0 fully saturated rings. The van der Waals surface area contributed by atoms with E-state index in [1.165, 1.54) is 14.0 Å². The van der Waals surface area contributed by atoms with Crippen LogP contribution in [-0.4, -0.2) is 30.9 Å². The molecule has 0 spiro atoms. The summed E-state index contributed by atoms with van der Waals surface area (Å²) in [4.78, 5) is 36.9. The molecule has 148 valence electrons. The van der Waals surface area contributed by atoms with Crippen molar-refractivity contribution in [3.63, 3.8) is 0 Å². The maximum absolute atomic E-state index is 12.6. The Morgan fingerprint density at radius 3 is 2.14 bits per heavy atom. The molecule has 0 aliphatic heterocycles. The Bertz CT molecular complexity index is 865. The molecule has 2 aromatic rings. The van der Waals surface area contributed by atoms with E-state index in [-0.39, 0.29) is 17.3 Å².